The zero-order valence-electron chi connectivity index (χ0n) is 14.5. The maximum atomic E-state index is 12.8. The van der Waals surface area contributed by atoms with Crippen LogP contribution in [0.15, 0.2) is 12.1 Å². The molecule has 1 saturated heterocycles. The van der Waals surface area contributed by atoms with Gasteiger partial charge in [-0.3, -0.25) is 9.89 Å². The summed E-state index contributed by atoms with van der Waals surface area (Å²) >= 11 is 1.46. The van der Waals surface area contributed by atoms with Gasteiger partial charge in [0, 0.05) is 17.8 Å². The molecule has 0 aliphatic carbocycles. The number of aryl methyl sites for hydroxylation is 2. The molecule has 0 bridgehead atoms. The molecule has 0 saturated carbocycles. The van der Waals surface area contributed by atoms with Crippen LogP contribution in [0.25, 0.3) is 10.9 Å². The van der Waals surface area contributed by atoms with E-state index in [1.165, 1.54) is 11.3 Å². The molecule has 1 atom stereocenters. The molecule has 1 amide bonds. The van der Waals surface area contributed by atoms with Gasteiger partial charge in [0.15, 0.2) is 5.82 Å². The van der Waals surface area contributed by atoms with Gasteiger partial charge in [-0.25, -0.2) is 4.98 Å². The SMILES string of the molecule is Cc1cc2c(NC(=O)c3sc(C4CCNC4)nc3C)n[nH]c2cc1C#N. The minimum Gasteiger partial charge on any atom is -0.316 e. The average molecular weight is 366 g/mol. The van der Waals surface area contributed by atoms with E-state index in [-0.39, 0.29) is 5.91 Å². The van der Waals surface area contributed by atoms with Gasteiger partial charge >= 0.3 is 0 Å². The summed E-state index contributed by atoms with van der Waals surface area (Å²) in [6, 6.07) is 5.76. The van der Waals surface area contributed by atoms with Crippen molar-refractivity contribution in [1.29, 1.82) is 5.26 Å². The summed E-state index contributed by atoms with van der Waals surface area (Å²) in [5.41, 5.74) is 2.91. The van der Waals surface area contributed by atoms with Crippen molar-refractivity contribution in [2.24, 2.45) is 0 Å². The number of amides is 1. The maximum Gasteiger partial charge on any atom is 0.268 e. The number of benzene rings is 1. The third kappa shape index (κ3) is 2.85. The lowest BCUT2D eigenvalue weighted by molar-refractivity contribution is 0.102. The highest BCUT2D eigenvalue weighted by Crippen LogP contribution is 2.30. The van der Waals surface area contributed by atoms with E-state index >= 15 is 0 Å². The van der Waals surface area contributed by atoms with Crippen molar-refractivity contribution in [3.8, 4) is 6.07 Å². The van der Waals surface area contributed by atoms with Crippen molar-refractivity contribution in [2.75, 3.05) is 18.4 Å². The molecule has 3 aromatic rings. The summed E-state index contributed by atoms with van der Waals surface area (Å²) < 4.78 is 0. The van der Waals surface area contributed by atoms with Gasteiger partial charge in [-0.05, 0) is 44.5 Å². The van der Waals surface area contributed by atoms with Crippen molar-refractivity contribution in [3.63, 3.8) is 0 Å². The number of nitriles is 1. The van der Waals surface area contributed by atoms with Crippen LogP contribution in [0, 0.1) is 25.2 Å². The van der Waals surface area contributed by atoms with E-state index < -0.39 is 0 Å². The summed E-state index contributed by atoms with van der Waals surface area (Å²) in [4.78, 5) is 18.0. The molecule has 0 radical (unpaired) electrons. The third-order valence-electron chi connectivity index (χ3n) is 4.69. The van der Waals surface area contributed by atoms with Gasteiger partial charge in [-0.15, -0.1) is 11.3 Å². The van der Waals surface area contributed by atoms with Gasteiger partial charge < -0.3 is 10.6 Å². The fourth-order valence-corrected chi connectivity index (χ4v) is 4.32. The van der Waals surface area contributed by atoms with E-state index in [9.17, 15) is 4.79 Å². The highest BCUT2D eigenvalue weighted by molar-refractivity contribution is 7.14. The molecule has 7 nitrogen and oxygen atoms in total. The molecule has 1 unspecified atom stereocenters. The lowest BCUT2D eigenvalue weighted by Crippen LogP contribution is -2.12. The Kier molecular flexibility index (Phi) is 4.18. The van der Waals surface area contributed by atoms with E-state index in [2.05, 4.69) is 31.9 Å². The van der Waals surface area contributed by atoms with E-state index in [1.54, 1.807) is 6.07 Å². The van der Waals surface area contributed by atoms with Crippen LogP contribution in [0.1, 0.15) is 43.8 Å². The van der Waals surface area contributed by atoms with E-state index in [0.29, 0.717) is 22.2 Å². The fourth-order valence-electron chi connectivity index (χ4n) is 3.22. The van der Waals surface area contributed by atoms with Gasteiger partial charge in [-0.2, -0.15) is 10.4 Å². The normalized spacial score (nSPS) is 16.7. The quantitative estimate of drug-likeness (QED) is 0.661. The molecule has 4 rings (SSSR count). The highest BCUT2D eigenvalue weighted by Gasteiger charge is 2.24. The molecular weight excluding hydrogens is 348 g/mol. The van der Waals surface area contributed by atoms with E-state index in [1.807, 2.05) is 19.9 Å². The lowest BCUT2D eigenvalue weighted by atomic mass is 10.1. The van der Waals surface area contributed by atoms with Crippen molar-refractivity contribution in [1.82, 2.24) is 20.5 Å². The van der Waals surface area contributed by atoms with Gasteiger partial charge in [0.25, 0.3) is 5.91 Å². The number of carbonyl (C=O) groups is 1. The minimum absolute atomic E-state index is 0.201. The fraction of sp³-hybridized carbons (Fsp3) is 0.333. The first kappa shape index (κ1) is 16.7. The number of nitrogens with one attached hydrogen (secondary N) is 3. The smallest absolute Gasteiger partial charge is 0.268 e. The van der Waals surface area contributed by atoms with Crippen molar-refractivity contribution in [3.05, 3.63) is 38.8 Å². The Balaban J connectivity index is 1.62. The third-order valence-corrected chi connectivity index (χ3v) is 6.01. The number of anilines is 1. The van der Waals surface area contributed by atoms with Gasteiger partial charge in [-0.1, -0.05) is 0 Å². The Morgan fingerprint density at radius 1 is 1.42 bits per heavy atom. The molecule has 132 valence electrons. The molecule has 1 aliphatic heterocycles. The molecule has 8 heteroatoms. The van der Waals surface area contributed by atoms with Crippen LogP contribution in [0.2, 0.25) is 0 Å². The van der Waals surface area contributed by atoms with E-state index in [4.69, 9.17) is 5.26 Å². The number of fused-ring (bicyclic) bond motifs is 1. The number of hydrogen-bond acceptors (Lipinski definition) is 6. The highest BCUT2D eigenvalue weighted by atomic mass is 32.1. The second kappa shape index (κ2) is 6.52. The van der Waals surface area contributed by atoms with Crippen molar-refractivity contribution >= 4 is 34.0 Å². The molecule has 0 spiro atoms. The van der Waals surface area contributed by atoms with Crippen LogP contribution in [0.5, 0.6) is 0 Å². The zero-order chi connectivity index (χ0) is 18.3. The first-order valence-electron chi connectivity index (χ1n) is 8.45. The Labute approximate surface area is 154 Å². The van der Waals surface area contributed by atoms with Crippen LogP contribution < -0.4 is 10.6 Å². The second-order valence-electron chi connectivity index (χ2n) is 6.51. The predicted octanol–water partition coefficient (Wildman–Crippen LogP) is 2.84. The monoisotopic (exact) mass is 366 g/mol. The molecule has 1 aliphatic rings. The molecule has 3 N–H and O–H groups in total. The standard InChI is InChI=1S/C18H18N6OS/c1-9-5-13-14(6-12(9)7-19)23-24-16(13)22-17(25)15-10(2)21-18(26-15)11-3-4-20-8-11/h5-6,11,20H,3-4,8H2,1-2H3,(H2,22,23,24,25). The number of aromatic nitrogens is 3. The Hall–Kier alpha value is -2.76. The number of aromatic amines is 1. The van der Waals surface area contributed by atoms with Gasteiger partial charge in [0.1, 0.15) is 4.88 Å². The number of hydrogen-bond donors (Lipinski definition) is 3. The number of thiazole rings is 1. The first-order valence-corrected chi connectivity index (χ1v) is 9.26. The molecule has 1 fully saturated rings. The minimum atomic E-state index is -0.201. The Morgan fingerprint density at radius 2 is 2.27 bits per heavy atom. The summed E-state index contributed by atoms with van der Waals surface area (Å²) in [6.45, 7) is 5.64. The first-order chi connectivity index (χ1) is 12.6. The molecule has 3 heterocycles. The molecular formula is C18H18N6OS. The largest absolute Gasteiger partial charge is 0.316 e. The second-order valence-corrected chi connectivity index (χ2v) is 7.54. The summed E-state index contributed by atoms with van der Waals surface area (Å²) in [7, 11) is 0. The average Bonchev–Trinajstić information content (AvgIpc) is 3.34. The van der Waals surface area contributed by atoms with Crippen LogP contribution >= 0.6 is 11.3 Å². The topological polar surface area (TPSA) is 106 Å². The van der Waals surface area contributed by atoms with Gasteiger partial charge in [0.05, 0.1) is 27.9 Å². The number of carbonyl (C=O) groups excluding carboxylic acids is 1. The van der Waals surface area contributed by atoms with Crippen molar-refractivity contribution < 1.29 is 4.79 Å². The van der Waals surface area contributed by atoms with E-state index in [0.717, 1.165) is 46.7 Å². The molecule has 1 aromatic carbocycles. The summed E-state index contributed by atoms with van der Waals surface area (Å²) in [5, 5.41) is 24.2. The Morgan fingerprint density at radius 3 is 3.00 bits per heavy atom. The molecule has 26 heavy (non-hydrogen) atoms. The van der Waals surface area contributed by atoms with Crippen LogP contribution in [-0.2, 0) is 0 Å². The predicted molar refractivity (Wildman–Crippen MR) is 101 cm³/mol. The summed E-state index contributed by atoms with van der Waals surface area (Å²) in [6.07, 6.45) is 1.05. The number of rotatable bonds is 3. The number of nitrogens with zero attached hydrogens (tertiary/aromatic N) is 3. The lowest BCUT2D eigenvalue weighted by Gasteiger charge is -2.03. The van der Waals surface area contributed by atoms with Crippen molar-refractivity contribution in [2.45, 2.75) is 26.2 Å². The van der Waals surface area contributed by atoms with Crippen LogP contribution in [0.3, 0.4) is 0 Å². The summed E-state index contributed by atoms with van der Waals surface area (Å²) in [5.74, 6) is 0.653. The number of H-pyrrole nitrogens is 1. The van der Waals surface area contributed by atoms with Gasteiger partial charge in [0.2, 0.25) is 0 Å². The Bertz CT molecular complexity index is 1040. The zero-order valence-corrected chi connectivity index (χ0v) is 15.3. The van der Waals surface area contributed by atoms with Crippen LogP contribution in [-0.4, -0.2) is 34.2 Å². The molecule has 2 aromatic heterocycles. The maximum absolute atomic E-state index is 12.8. The van der Waals surface area contributed by atoms with Crippen LogP contribution in [0.4, 0.5) is 5.82 Å².